The van der Waals surface area contributed by atoms with E-state index < -0.39 is 8.07 Å². The van der Waals surface area contributed by atoms with Gasteiger partial charge in [0.15, 0.2) is 0 Å². The number of rotatable bonds is 6. The van der Waals surface area contributed by atoms with Crippen LogP contribution in [0.1, 0.15) is 11.3 Å². The summed E-state index contributed by atoms with van der Waals surface area (Å²) in [4.78, 5) is 0. The second kappa shape index (κ2) is 5.61. The summed E-state index contributed by atoms with van der Waals surface area (Å²) in [7, 11) is -1.00. The summed E-state index contributed by atoms with van der Waals surface area (Å²) >= 11 is 0. The fraction of sp³-hybridized carbons (Fsp3) is 0.727. The Balaban J connectivity index is 2.32. The summed E-state index contributed by atoms with van der Waals surface area (Å²) in [5.74, 6) is 0. The highest BCUT2D eigenvalue weighted by atomic mass is 28.3. The molecule has 1 aromatic rings. The van der Waals surface area contributed by atoms with Gasteiger partial charge in [-0.15, -0.1) is 0 Å². The molecule has 1 heterocycles. The number of aromatic nitrogens is 2. The molecule has 5 heteroatoms. The molecule has 92 valence electrons. The highest BCUT2D eigenvalue weighted by molar-refractivity contribution is 6.76. The number of aliphatic hydroxyl groups is 1. The summed E-state index contributed by atoms with van der Waals surface area (Å²) in [6.45, 7) is 10.2. The Kier molecular flexibility index (Phi) is 4.70. The molecule has 0 aliphatic heterocycles. The van der Waals surface area contributed by atoms with Gasteiger partial charge in [0, 0.05) is 20.9 Å². The monoisotopic (exact) mass is 242 g/mol. The van der Waals surface area contributed by atoms with Crippen LogP contribution in [0, 0.1) is 6.92 Å². The van der Waals surface area contributed by atoms with Crippen LogP contribution in [-0.2, 0) is 18.1 Å². The van der Waals surface area contributed by atoms with Crippen molar-refractivity contribution in [3.05, 3.63) is 17.5 Å². The zero-order chi connectivity index (χ0) is 12.2. The molecule has 0 saturated carbocycles. The lowest BCUT2D eigenvalue weighted by atomic mass is 10.3. The van der Waals surface area contributed by atoms with Gasteiger partial charge < -0.3 is 9.84 Å². The Morgan fingerprint density at radius 1 is 1.44 bits per heavy atom. The Labute approximate surface area is 98.2 Å². The van der Waals surface area contributed by atoms with Gasteiger partial charge in [0.2, 0.25) is 0 Å². The maximum Gasteiger partial charge on any atom is 0.139 e. The van der Waals surface area contributed by atoms with E-state index in [-0.39, 0.29) is 6.61 Å². The number of nitrogens with zero attached hydrogens (tertiary/aromatic N) is 2. The first-order chi connectivity index (χ1) is 7.42. The van der Waals surface area contributed by atoms with Crippen molar-refractivity contribution in [1.82, 2.24) is 9.78 Å². The Morgan fingerprint density at radius 3 is 2.62 bits per heavy atom. The van der Waals surface area contributed by atoms with Gasteiger partial charge in [0.1, 0.15) is 6.73 Å². The molecule has 0 atom stereocenters. The second-order valence-electron chi connectivity index (χ2n) is 5.30. The lowest BCUT2D eigenvalue weighted by Crippen LogP contribution is -2.22. The third-order valence-corrected chi connectivity index (χ3v) is 4.12. The van der Waals surface area contributed by atoms with E-state index in [4.69, 9.17) is 9.84 Å². The van der Waals surface area contributed by atoms with Crippen molar-refractivity contribution in [3.63, 3.8) is 0 Å². The van der Waals surface area contributed by atoms with E-state index >= 15 is 0 Å². The van der Waals surface area contributed by atoms with Crippen molar-refractivity contribution in [2.24, 2.45) is 0 Å². The van der Waals surface area contributed by atoms with Crippen LogP contribution in [0.3, 0.4) is 0 Å². The fourth-order valence-corrected chi connectivity index (χ4v) is 2.08. The van der Waals surface area contributed by atoms with Crippen molar-refractivity contribution in [2.45, 2.75) is 45.9 Å². The molecular formula is C11H22N2O2Si. The summed E-state index contributed by atoms with van der Waals surface area (Å²) in [6, 6.07) is 1.17. The fourth-order valence-electron chi connectivity index (χ4n) is 1.32. The molecule has 0 saturated heterocycles. The Hall–Kier alpha value is -0.653. The van der Waals surface area contributed by atoms with Crippen LogP contribution in [0.2, 0.25) is 25.7 Å². The summed E-state index contributed by atoms with van der Waals surface area (Å²) in [5, 5.41) is 13.2. The van der Waals surface area contributed by atoms with Gasteiger partial charge in [-0.2, -0.15) is 5.10 Å². The maximum atomic E-state index is 9.00. The Bertz CT molecular complexity index is 331. The predicted molar refractivity (Wildman–Crippen MR) is 67.0 cm³/mol. The topological polar surface area (TPSA) is 47.3 Å². The van der Waals surface area contributed by atoms with E-state index in [0.717, 1.165) is 17.9 Å². The normalized spacial score (nSPS) is 12.1. The van der Waals surface area contributed by atoms with Crippen LogP contribution in [0.5, 0.6) is 0 Å². The van der Waals surface area contributed by atoms with Crippen LogP contribution in [0.15, 0.2) is 6.20 Å². The van der Waals surface area contributed by atoms with Gasteiger partial charge in [-0.3, -0.25) is 0 Å². The first kappa shape index (κ1) is 13.4. The number of hydrogen-bond donors (Lipinski definition) is 1. The van der Waals surface area contributed by atoms with Crippen LogP contribution in [0.4, 0.5) is 0 Å². The van der Waals surface area contributed by atoms with Gasteiger partial charge in [0.25, 0.3) is 0 Å². The summed E-state index contributed by atoms with van der Waals surface area (Å²) in [6.07, 6.45) is 1.90. The van der Waals surface area contributed by atoms with E-state index in [1.54, 1.807) is 4.68 Å². The minimum absolute atomic E-state index is 0.00621. The molecule has 1 N–H and O–H groups in total. The van der Waals surface area contributed by atoms with E-state index in [0.29, 0.717) is 6.73 Å². The van der Waals surface area contributed by atoms with E-state index in [1.807, 2.05) is 13.1 Å². The lowest BCUT2D eigenvalue weighted by molar-refractivity contribution is 0.0778. The first-order valence-corrected chi connectivity index (χ1v) is 9.34. The molecule has 0 aromatic carbocycles. The molecule has 0 aliphatic rings. The third-order valence-electron chi connectivity index (χ3n) is 2.42. The second-order valence-corrected chi connectivity index (χ2v) is 10.9. The molecule has 1 rings (SSSR count). The van der Waals surface area contributed by atoms with Crippen molar-refractivity contribution < 1.29 is 9.84 Å². The standard InChI is InChI=1S/C11H22N2O2Si/c1-10-7-13(12-11(10)8-14)9-15-5-6-16(2,3)4/h7,14H,5-6,8-9H2,1-4H3. The van der Waals surface area contributed by atoms with Crippen LogP contribution in [0.25, 0.3) is 0 Å². The smallest absolute Gasteiger partial charge is 0.139 e. The van der Waals surface area contributed by atoms with Gasteiger partial charge in [-0.05, 0) is 18.5 Å². The van der Waals surface area contributed by atoms with Crippen LogP contribution in [-0.4, -0.2) is 29.6 Å². The molecule has 0 radical (unpaired) electrons. The number of aliphatic hydroxyl groups excluding tert-OH is 1. The van der Waals surface area contributed by atoms with Crippen molar-refractivity contribution >= 4 is 8.07 Å². The zero-order valence-corrected chi connectivity index (χ0v) is 11.7. The van der Waals surface area contributed by atoms with Crippen molar-refractivity contribution in [2.75, 3.05) is 6.61 Å². The molecule has 0 aliphatic carbocycles. The minimum atomic E-state index is -1.00. The van der Waals surface area contributed by atoms with Gasteiger partial charge in [0.05, 0.1) is 12.3 Å². The highest BCUT2D eigenvalue weighted by Crippen LogP contribution is 2.08. The molecular weight excluding hydrogens is 220 g/mol. The van der Waals surface area contributed by atoms with Gasteiger partial charge >= 0.3 is 0 Å². The molecule has 0 spiro atoms. The van der Waals surface area contributed by atoms with Crippen LogP contribution < -0.4 is 0 Å². The van der Waals surface area contributed by atoms with Gasteiger partial charge in [-0.1, -0.05) is 19.6 Å². The quantitative estimate of drug-likeness (QED) is 0.613. The summed E-state index contributed by atoms with van der Waals surface area (Å²) in [5.41, 5.74) is 1.74. The molecule has 1 aromatic heterocycles. The van der Waals surface area contributed by atoms with E-state index in [2.05, 4.69) is 24.7 Å². The molecule has 0 bridgehead atoms. The largest absolute Gasteiger partial charge is 0.390 e. The zero-order valence-electron chi connectivity index (χ0n) is 10.7. The van der Waals surface area contributed by atoms with E-state index in [1.165, 1.54) is 6.04 Å². The average molecular weight is 242 g/mol. The number of aryl methyl sites for hydroxylation is 1. The van der Waals surface area contributed by atoms with E-state index in [9.17, 15) is 0 Å². The molecule has 0 unspecified atom stereocenters. The third kappa shape index (κ3) is 4.47. The van der Waals surface area contributed by atoms with Crippen molar-refractivity contribution in [1.29, 1.82) is 0 Å². The Morgan fingerprint density at radius 2 is 2.12 bits per heavy atom. The maximum absolute atomic E-state index is 9.00. The van der Waals surface area contributed by atoms with Gasteiger partial charge in [-0.25, -0.2) is 4.68 Å². The van der Waals surface area contributed by atoms with Crippen LogP contribution >= 0.6 is 0 Å². The molecule has 0 amide bonds. The highest BCUT2D eigenvalue weighted by Gasteiger charge is 2.12. The molecule has 4 nitrogen and oxygen atoms in total. The first-order valence-electron chi connectivity index (χ1n) is 5.64. The summed E-state index contributed by atoms with van der Waals surface area (Å²) < 4.78 is 7.30. The lowest BCUT2D eigenvalue weighted by Gasteiger charge is -2.15. The van der Waals surface area contributed by atoms with Crippen molar-refractivity contribution in [3.8, 4) is 0 Å². The molecule has 0 fully saturated rings. The molecule has 16 heavy (non-hydrogen) atoms. The SMILES string of the molecule is Cc1cn(COCC[Si](C)(C)C)nc1CO. The minimum Gasteiger partial charge on any atom is -0.390 e. The number of ether oxygens (including phenoxy) is 1. The average Bonchev–Trinajstić information content (AvgIpc) is 2.52. The predicted octanol–water partition coefficient (Wildman–Crippen LogP) is 2.00. The number of hydrogen-bond acceptors (Lipinski definition) is 3.